The molecule has 1 N–H and O–H groups in total. The van der Waals surface area contributed by atoms with E-state index in [1.807, 2.05) is 35.7 Å². The fourth-order valence-corrected chi connectivity index (χ4v) is 2.76. The minimum Gasteiger partial charge on any atom is -0.493 e. The maximum Gasteiger partial charge on any atom is 0.187 e. The van der Waals surface area contributed by atoms with Gasteiger partial charge in [-0.3, -0.25) is 4.98 Å². The van der Waals surface area contributed by atoms with Crippen LogP contribution in [0.1, 0.15) is 0 Å². The molecule has 3 rings (SSSR count). The fourth-order valence-electron chi connectivity index (χ4n) is 2.02. The summed E-state index contributed by atoms with van der Waals surface area (Å²) in [7, 11) is 3.25. The Morgan fingerprint density at radius 2 is 1.77 bits per heavy atom. The molecular formula is C16H15N3O2S. The smallest absolute Gasteiger partial charge is 0.187 e. The van der Waals surface area contributed by atoms with Crippen LogP contribution in [0.15, 0.2) is 48.1 Å². The van der Waals surface area contributed by atoms with Crippen LogP contribution in [-0.2, 0) is 0 Å². The number of rotatable bonds is 5. The minimum atomic E-state index is 0.691. The van der Waals surface area contributed by atoms with Crippen molar-refractivity contribution < 1.29 is 9.47 Å². The Morgan fingerprint density at radius 1 is 1.00 bits per heavy atom. The van der Waals surface area contributed by atoms with Crippen molar-refractivity contribution in [2.24, 2.45) is 0 Å². The minimum absolute atomic E-state index is 0.691. The summed E-state index contributed by atoms with van der Waals surface area (Å²) in [5.41, 5.74) is 2.84. The molecule has 0 radical (unpaired) electrons. The Labute approximate surface area is 132 Å². The molecule has 6 heteroatoms. The van der Waals surface area contributed by atoms with E-state index in [1.165, 1.54) is 0 Å². The van der Waals surface area contributed by atoms with Crippen LogP contribution in [0.3, 0.4) is 0 Å². The first-order chi connectivity index (χ1) is 10.8. The number of hydrogen-bond donors (Lipinski definition) is 1. The third kappa shape index (κ3) is 3.01. The normalized spacial score (nSPS) is 10.3. The summed E-state index contributed by atoms with van der Waals surface area (Å²) in [4.78, 5) is 8.59. The molecule has 0 aliphatic rings. The molecule has 0 saturated carbocycles. The molecule has 0 amide bonds. The zero-order chi connectivity index (χ0) is 15.4. The second kappa shape index (κ2) is 6.44. The molecule has 0 unspecified atom stereocenters. The van der Waals surface area contributed by atoms with Crippen LogP contribution in [0.4, 0.5) is 10.8 Å². The molecule has 3 aromatic rings. The van der Waals surface area contributed by atoms with E-state index >= 15 is 0 Å². The summed E-state index contributed by atoms with van der Waals surface area (Å²) >= 11 is 1.55. The Bertz CT molecular complexity index is 759. The van der Waals surface area contributed by atoms with Crippen LogP contribution in [0.2, 0.25) is 0 Å². The van der Waals surface area contributed by atoms with E-state index < -0.39 is 0 Å². The molecule has 0 spiro atoms. The van der Waals surface area contributed by atoms with Gasteiger partial charge in [0.2, 0.25) is 0 Å². The molecule has 0 saturated heterocycles. The van der Waals surface area contributed by atoms with Gasteiger partial charge in [0, 0.05) is 29.0 Å². The average Bonchev–Trinajstić information content (AvgIpc) is 3.03. The predicted molar refractivity (Wildman–Crippen MR) is 88.2 cm³/mol. The average molecular weight is 313 g/mol. The standard InChI is InChI=1S/C16H15N3O2S/c1-20-14-4-3-11(9-15(14)21-2)13-10-22-16(19-13)18-12-5-7-17-8-6-12/h3-10H,1-2H3,(H,17,18,19). The van der Waals surface area contributed by atoms with Crippen LogP contribution in [0, 0.1) is 0 Å². The van der Waals surface area contributed by atoms with Crippen molar-refractivity contribution in [2.45, 2.75) is 0 Å². The number of methoxy groups -OCH3 is 2. The Balaban J connectivity index is 1.84. The number of benzene rings is 1. The highest BCUT2D eigenvalue weighted by molar-refractivity contribution is 7.14. The van der Waals surface area contributed by atoms with Crippen molar-refractivity contribution in [2.75, 3.05) is 19.5 Å². The van der Waals surface area contributed by atoms with E-state index in [0.717, 1.165) is 22.1 Å². The number of hydrogen-bond acceptors (Lipinski definition) is 6. The zero-order valence-corrected chi connectivity index (χ0v) is 13.1. The third-order valence-corrected chi connectivity index (χ3v) is 3.87. The Hall–Kier alpha value is -2.60. The van der Waals surface area contributed by atoms with Gasteiger partial charge in [0.1, 0.15) is 0 Å². The molecule has 22 heavy (non-hydrogen) atoms. The van der Waals surface area contributed by atoms with Crippen molar-refractivity contribution >= 4 is 22.2 Å². The first kappa shape index (κ1) is 14.3. The molecule has 0 fully saturated rings. The van der Waals surface area contributed by atoms with E-state index in [4.69, 9.17) is 9.47 Å². The molecule has 0 aliphatic heterocycles. The van der Waals surface area contributed by atoms with E-state index in [1.54, 1.807) is 38.0 Å². The summed E-state index contributed by atoms with van der Waals surface area (Å²) in [5, 5.41) is 6.09. The fraction of sp³-hybridized carbons (Fsp3) is 0.125. The molecule has 2 aromatic heterocycles. The molecule has 0 bridgehead atoms. The molecule has 0 atom stereocenters. The van der Waals surface area contributed by atoms with E-state index in [0.29, 0.717) is 11.5 Å². The summed E-state index contributed by atoms with van der Waals surface area (Å²) in [5.74, 6) is 1.40. The Kier molecular flexibility index (Phi) is 4.20. The summed E-state index contributed by atoms with van der Waals surface area (Å²) < 4.78 is 10.6. The number of aromatic nitrogens is 2. The van der Waals surface area contributed by atoms with Gasteiger partial charge in [0.05, 0.1) is 19.9 Å². The van der Waals surface area contributed by atoms with Crippen molar-refractivity contribution in [1.29, 1.82) is 0 Å². The largest absolute Gasteiger partial charge is 0.493 e. The first-order valence-corrected chi connectivity index (χ1v) is 7.53. The van der Waals surface area contributed by atoms with Gasteiger partial charge in [-0.1, -0.05) is 0 Å². The van der Waals surface area contributed by atoms with Crippen molar-refractivity contribution in [1.82, 2.24) is 9.97 Å². The van der Waals surface area contributed by atoms with E-state index in [9.17, 15) is 0 Å². The number of ether oxygens (including phenoxy) is 2. The van der Waals surface area contributed by atoms with Crippen LogP contribution in [-0.4, -0.2) is 24.2 Å². The second-order valence-electron chi connectivity index (χ2n) is 4.47. The van der Waals surface area contributed by atoms with Gasteiger partial charge in [0.25, 0.3) is 0 Å². The molecule has 0 aliphatic carbocycles. The van der Waals surface area contributed by atoms with Gasteiger partial charge in [-0.25, -0.2) is 4.98 Å². The topological polar surface area (TPSA) is 56.3 Å². The summed E-state index contributed by atoms with van der Waals surface area (Å²) in [6.45, 7) is 0. The Morgan fingerprint density at radius 3 is 2.50 bits per heavy atom. The van der Waals surface area contributed by atoms with Crippen LogP contribution in [0.25, 0.3) is 11.3 Å². The number of pyridine rings is 1. The summed E-state index contributed by atoms with van der Waals surface area (Å²) in [6.07, 6.45) is 3.48. The van der Waals surface area contributed by atoms with Crippen molar-refractivity contribution in [3.63, 3.8) is 0 Å². The van der Waals surface area contributed by atoms with Crippen molar-refractivity contribution in [3.8, 4) is 22.8 Å². The SMILES string of the molecule is COc1ccc(-c2csc(Nc3ccncc3)n2)cc1OC. The predicted octanol–water partition coefficient (Wildman–Crippen LogP) is 3.97. The lowest BCUT2D eigenvalue weighted by Crippen LogP contribution is -1.91. The summed E-state index contributed by atoms with van der Waals surface area (Å²) in [6, 6.07) is 9.56. The lowest BCUT2D eigenvalue weighted by Gasteiger charge is -2.08. The van der Waals surface area contributed by atoms with E-state index in [-0.39, 0.29) is 0 Å². The second-order valence-corrected chi connectivity index (χ2v) is 5.33. The number of thiazole rings is 1. The number of nitrogens with zero attached hydrogens (tertiary/aromatic N) is 2. The molecule has 112 valence electrons. The van der Waals surface area contributed by atoms with Gasteiger partial charge < -0.3 is 14.8 Å². The monoisotopic (exact) mass is 313 g/mol. The molecule has 1 aromatic carbocycles. The molecule has 5 nitrogen and oxygen atoms in total. The van der Waals surface area contributed by atoms with Crippen LogP contribution >= 0.6 is 11.3 Å². The maximum atomic E-state index is 5.33. The molecular weight excluding hydrogens is 298 g/mol. The zero-order valence-electron chi connectivity index (χ0n) is 12.2. The number of anilines is 2. The van der Waals surface area contributed by atoms with Gasteiger partial charge in [-0.2, -0.15) is 0 Å². The highest BCUT2D eigenvalue weighted by Gasteiger charge is 2.09. The third-order valence-electron chi connectivity index (χ3n) is 3.12. The van der Waals surface area contributed by atoms with Crippen molar-refractivity contribution in [3.05, 3.63) is 48.1 Å². The van der Waals surface area contributed by atoms with Crippen LogP contribution in [0.5, 0.6) is 11.5 Å². The first-order valence-electron chi connectivity index (χ1n) is 6.65. The lowest BCUT2D eigenvalue weighted by molar-refractivity contribution is 0.355. The van der Waals surface area contributed by atoms with Gasteiger partial charge in [0.15, 0.2) is 16.6 Å². The number of nitrogens with one attached hydrogen (secondary N) is 1. The quantitative estimate of drug-likeness (QED) is 0.772. The van der Waals surface area contributed by atoms with E-state index in [2.05, 4.69) is 15.3 Å². The van der Waals surface area contributed by atoms with Crippen LogP contribution < -0.4 is 14.8 Å². The van der Waals surface area contributed by atoms with Gasteiger partial charge in [-0.05, 0) is 30.3 Å². The maximum absolute atomic E-state index is 5.33. The molecule has 2 heterocycles. The lowest BCUT2D eigenvalue weighted by atomic mass is 10.1. The van der Waals surface area contributed by atoms with Gasteiger partial charge >= 0.3 is 0 Å². The highest BCUT2D eigenvalue weighted by atomic mass is 32.1. The van der Waals surface area contributed by atoms with Gasteiger partial charge in [-0.15, -0.1) is 11.3 Å². The highest BCUT2D eigenvalue weighted by Crippen LogP contribution is 2.33.